The number of aryl methyl sites for hydroxylation is 2. The van der Waals surface area contributed by atoms with E-state index in [4.69, 9.17) is 0 Å². The first-order valence-electron chi connectivity index (χ1n) is 7.20. The van der Waals surface area contributed by atoms with E-state index >= 15 is 0 Å². The van der Waals surface area contributed by atoms with Gasteiger partial charge in [0.2, 0.25) is 5.91 Å². The van der Waals surface area contributed by atoms with Gasteiger partial charge in [0.05, 0.1) is 12.8 Å². The van der Waals surface area contributed by atoms with Crippen molar-refractivity contribution in [2.24, 2.45) is 11.0 Å². The number of hydrazone groups is 1. The first kappa shape index (κ1) is 15.2. The molecule has 0 unspecified atom stereocenters. The summed E-state index contributed by atoms with van der Waals surface area (Å²) in [6, 6.07) is 5.35. The van der Waals surface area contributed by atoms with Gasteiger partial charge in [0.15, 0.2) is 5.71 Å². The molecule has 2 aliphatic heterocycles. The van der Waals surface area contributed by atoms with Crippen LogP contribution in [0.5, 0.6) is 0 Å². The number of anilines is 1. The molecular weight excluding hydrogens is 298 g/mol. The monoisotopic (exact) mass is 315 g/mol. The van der Waals surface area contributed by atoms with E-state index in [1.54, 1.807) is 19.1 Å². The van der Waals surface area contributed by atoms with E-state index in [-0.39, 0.29) is 5.71 Å². The van der Waals surface area contributed by atoms with Gasteiger partial charge < -0.3 is 4.74 Å². The van der Waals surface area contributed by atoms with Crippen molar-refractivity contribution in [3.05, 3.63) is 29.3 Å². The topological polar surface area (TPSA) is 88.1 Å². The minimum atomic E-state index is -1.26. The number of nitrogens with zero attached hydrogens (tertiary/aromatic N) is 2. The number of hydrogen-bond acceptors (Lipinski definition) is 6. The van der Waals surface area contributed by atoms with Crippen LogP contribution in [0, 0.1) is 19.8 Å². The molecule has 0 aliphatic carbocycles. The third kappa shape index (κ3) is 1.96. The van der Waals surface area contributed by atoms with Gasteiger partial charge in [0.25, 0.3) is 5.91 Å². The SMILES string of the molecule is COC(=O)C1=NN[C@]2(C)C(=O)N(c3ccc(C)c(C)c3)C(=O)[C@H]12. The van der Waals surface area contributed by atoms with Gasteiger partial charge in [-0.25, -0.2) is 9.69 Å². The maximum atomic E-state index is 12.8. The van der Waals surface area contributed by atoms with Gasteiger partial charge in [0, 0.05) is 0 Å². The van der Waals surface area contributed by atoms with Crippen LogP contribution < -0.4 is 10.3 Å². The molecule has 120 valence electrons. The number of ether oxygens (including phenoxy) is 1. The van der Waals surface area contributed by atoms with Crippen LogP contribution in [-0.2, 0) is 19.1 Å². The molecule has 1 aromatic carbocycles. The van der Waals surface area contributed by atoms with E-state index < -0.39 is 29.2 Å². The highest BCUT2D eigenvalue weighted by Gasteiger charge is 2.63. The number of benzene rings is 1. The number of rotatable bonds is 2. The highest BCUT2D eigenvalue weighted by atomic mass is 16.5. The molecule has 0 spiro atoms. The summed E-state index contributed by atoms with van der Waals surface area (Å²) in [6.45, 7) is 5.43. The van der Waals surface area contributed by atoms with Crippen molar-refractivity contribution in [2.45, 2.75) is 26.3 Å². The average Bonchev–Trinajstić information content (AvgIpc) is 2.96. The number of amides is 2. The van der Waals surface area contributed by atoms with Crippen LogP contribution in [0.4, 0.5) is 5.69 Å². The molecule has 0 bridgehead atoms. The van der Waals surface area contributed by atoms with Crippen molar-refractivity contribution < 1.29 is 19.1 Å². The largest absolute Gasteiger partial charge is 0.464 e. The Hall–Kier alpha value is -2.70. The fourth-order valence-corrected chi connectivity index (χ4v) is 2.95. The van der Waals surface area contributed by atoms with Crippen LogP contribution in [0.25, 0.3) is 0 Å². The number of esters is 1. The summed E-state index contributed by atoms with van der Waals surface area (Å²) < 4.78 is 4.65. The molecule has 2 atom stereocenters. The zero-order chi connectivity index (χ0) is 16.9. The van der Waals surface area contributed by atoms with Gasteiger partial charge in [-0.05, 0) is 44.0 Å². The fraction of sp³-hybridized carbons (Fsp3) is 0.375. The second kappa shape index (κ2) is 4.91. The Morgan fingerprint density at radius 2 is 2.00 bits per heavy atom. The Labute approximate surface area is 133 Å². The van der Waals surface area contributed by atoms with Gasteiger partial charge in [-0.2, -0.15) is 5.10 Å². The lowest BCUT2D eigenvalue weighted by molar-refractivity contribution is -0.133. The summed E-state index contributed by atoms with van der Waals surface area (Å²) in [5.74, 6) is -2.60. The quantitative estimate of drug-likeness (QED) is 0.640. The van der Waals surface area contributed by atoms with Crippen LogP contribution in [0.3, 0.4) is 0 Å². The zero-order valence-electron chi connectivity index (χ0n) is 13.3. The van der Waals surface area contributed by atoms with Crippen molar-refractivity contribution in [3.63, 3.8) is 0 Å². The van der Waals surface area contributed by atoms with Crippen molar-refractivity contribution in [2.75, 3.05) is 12.0 Å². The first-order valence-corrected chi connectivity index (χ1v) is 7.20. The van der Waals surface area contributed by atoms with E-state index in [0.29, 0.717) is 5.69 Å². The van der Waals surface area contributed by atoms with E-state index in [2.05, 4.69) is 15.3 Å². The van der Waals surface area contributed by atoms with Crippen molar-refractivity contribution in [3.8, 4) is 0 Å². The van der Waals surface area contributed by atoms with Crippen LogP contribution in [0.15, 0.2) is 23.3 Å². The highest BCUT2D eigenvalue weighted by molar-refractivity contribution is 6.47. The summed E-state index contributed by atoms with van der Waals surface area (Å²) in [5, 5.41) is 3.85. The molecular formula is C16H17N3O4. The summed E-state index contributed by atoms with van der Waals surface area (Å²) in [6.07, 6.45) is 0. The van der Waals surface area contributed by atoms with Crippen molar-refractivity contribution >= 4 is 29.2 Å². The standard InChI is InChI=1S/C16H17N3O4/c1-8-5-6-10(7-9(8)2)19-13(20)11-12(14(21)23-4)17-18-16(11,3)15(19)22/h5-7,11,18H,1-4H3/t11-,16-/m0/s1. The fourth-order valence-electron chi connectivity index (χ4n) is 2.95. The summed E-state index contributed by atoms with van der Waals surface area (Å²) >= 11 is 0. The number of methoxy groups -OCH3 is 1. The Balaban J connectivity index is 2.05. The minimum Gasteiger partial charge on any atom is -0.464 e. The Kier molecular flexibility index (Phi) is 3.24. The molecule has 7 heteroatoms. The molecule has 2 amide bonds. The predicted octanol–water partition coefficient (Wildman–Crippen LogP) is 0.684. The molecule has 1 fully saturated rings. The second-order valence-electron chi connectivity index (χ2n) is 5.98. The van der Waals surface area contributed by atoms with Crippen LogP contribution in [-0.4, -0.2) is 36.1 Å². The molecule has 1 aromatic rings. The molecule has 0 aromatic heterocycles. The van der Waals surface area contributed by atoms with E-state index in [0.717, 1.165) is 16.0 Å². The lowest BCUT2D eigenvalue weighted by Crippen LogP contribution is -2.48. The zero-order valence-corrected chi connectivity index (χ0v) is 13.3. The van der Waals surface area contributed by atoms with Gasteiger partial charge in [0.1, 0.15) is 11.5 Å². The number of carbonyl (C=O) groups excluding carboxylic acids is 3. The summed E-state index contributed by atoms with van der Waals surface area (Å²) in [4.78, 5) is 38.5. The van der Waals surface area contributed by atoms with Gasteiger partial charge >= 0.3 is 5.97 Å². The molecule has 2 heterocycles. The lowest BCUT2D eigenvalue weighted by atomic mass is 9.86. The Morgan fingerprint density at radius 3 is 2.61 bits per heavy atom. The number of fused-ring (bicyclic) bond motifs is 1. The third-order valence-electron chi connectivity index (χ3n) is 4.52. The van der Waals surface area contributed by atoms with Crippen LogP contribution in [0.2, 0.25) is 0 Å². The number of imide groups is 1. The van der Waals surface area contributed by atoms with E-state index in [1.165, 1.54) is 7.11 Å². The van der Waals surface area contributed by atoms with Crippen LogP contribution in [0.1, 0.15) is 18.1 Å². The van der Waals surface area contributed by atoms with Gasteiger partial charge in [-0.3, -0.25) is 15.0 Å². The molecule has 1 saturated heterocycles. The van der Waals surface area contributed by atoms with Crippen molar-refractivity contribution in [1.29, 1.82) is 0 Å². The van der Waals surface area contributed by atoms with Gasteiger partial charge in [-0.15, -0.1) is 0 Å². The molecule has 0 saturated carbocycles. The van der Waals surface area contributed by atoms with Gasteiger partial charge in [-0.1, -0.05) is 6.07 Å². The minimum absolute atomic E-state index is 0.0697. The molecule has 2 aliphatic rings. The first-order chi connectivity index (χ1) is 10.8. The maximum absolute atomic E-state index is 12.8. The van der Waals surface area contributed by atoms with Crippen LogP contribution >= 0.6 is 0 Å². The average molecular weight is 315 g/mol. The van der Waals surface area contributed by atoms with E-state index in [9.17, 15) is 14.4 Å². The van der Waals surface area contributed by atoms with Crippen molar-refractivity contribution in [1.82, 2.24) is 5.43 Å². The predicted molar refractivity (Wildman–Crippen MR) is 82.9 cm³/mol. The molecule has 7 nitrogen and oxygen atoms in total. The second-order valence-corrected chi connectivity index (χ2v) is 5.98. The number of hydrogen-bond donors (Lipinski definition) is 1. The lowest BCUT2D eigenvalue weighted by Gasteiger charge is -2.20. The number of nitrogens with one attached hydrogen (secondary N) is 1. The molecule has 0 radical (unpaired) electrons. The number of carbonyl (C=O) groups is 3. The molecule has 1 N–H and O–H groups in total. The Morgan fingerprint density at radius 1 is 1.30 bits per heavy atom. The normalized spacial score (nSPS) is 26.0. The smallest absolute Gasteiger partial charge is 0.355 e. The summed E-state index contributed by atoms with van der Waals surface area (Å²) in [5.41, 5.74) is 3.83. The summed E-state index contributed by atoms with van der Waals surface area (Å²) in [7, 11) is 1.21. The molecule has 3 rings (SSSR count). The maximum Gasteiger partial charge on any atom is 0.355 e. The molecule has 23 heavy (non-hydrogen) atoms. The van der Waals surface area contributed by atoms with E-state index in [1.807, 2.05) is 19.9 Å². The third-order valence-corrected chi connectivity index (χ3v) is 4.52. The Bertz CT molecular complexity index is 771. The highest BCUT2D eigenvalue weighted by Crippen LogP contribution is 2.38.